The Bertz CT molecular complexity index is 880. The van der Waals surface area contributed by atoms with E-state index in [2.05, 4.69) is 36.2 Å². The first-order valence-electron chi connectivity index (χ1n) is 9.96. The Hall–Kier alpha value is -2.98. The lowest BCUT2D eigenvalue weighted by molar-refractivity contribution is -0.135. The summed E-state index contributed by atoms with van der Waals surface area (Å²) < 4.78 is 5.49. The maximum Gasteiger partial charge on any atom is 0.223 e. The number of ether oxygens (including phenoxy) is 1. The number of methoxy groups -OCH3 is 1. The summed E-state index contributed by atoms with van der Waals surface area (Å²) in [5.41, 5.74) is 4.33. The van der Waals surface area contributed by atoms with Gasteiger partial charge in [-0.15, -0.1) is 0 Å². The van der Waals surface area contributed by atoms with Crippen molar-refractivity contribution in [1.29, 1.82) is 0 Å². The van der Waals surface area contributed by atoms with Crippen LogP contribution in [0.1, 0.15) is 34.8 Å². The van der Waals surface area contributed by atoms with Crippen LogP contribution in [0.2, 0.25) is 0 Å². The number of carbonyl (C=O) groups is 1. The number of benzene rings is 2. The molecule has 0 saturated heterocycles. The molecule has 0 aliphatic carbocycles. The van der Waals surface area contributed by atoms with Crippen molar-refractivity contribution >= 4 is 5.91 Å². The van der Waals surface area contributed by atoms with Crippen LogP contribution in [0.4, 0.5) is 0 Å². The maximum atomic E-state index is 13.3. The van der Waals surface area contributed by atoms with Crippen molar-refractivity contribution in [1.82, 2.24) is 9.88 Å². The monoisotopic (exact) mass is 388 g/mol. The molecule has 3 aromatic rings. The van der Waals surface area contributed by atoms with Gasteiger partial charge in [-0.3, -0.25) is 9.78 Å². The number of pyridine rings is 1. The largest absolute Gasteiger partial charge is 0.382 e. The van der Waals surface area contributed by atoms with E-state index >= 15 is 0 Å². The Morgan fingerprint density at radius 1 is 1.00 bits per heavy atom. The fraction of sp³-hybridized carbons (Fsp3) is 0.280. The van der Waals surface area contributed by atoms with Crippen molar-refractivity contribution in [3.63, 3.8) is 0 Å². The Labute approximate surface area is 173 Å². The third-order valence-electron chi connectivity index (χ3n) is 5.01. The zero-order valence-electron chi connectivity index (χ0n) is 17.1. The van der Waals surface area contributed by atoms with E-state index in [0.717, 1.165) is 11.3 Å². The molecule has 0 bridgehead atoms. The van der Waals surface area contributed by atoms with E-state index in [1.165, 1.54) is 11.1 Å². The predicted molar refractivity (Wildman–Crippen MR) is 115 cm³/mol. The van der Waals surface area contributed by atoms with Gasteiger partial charge in [-0.25, -0.2) is 0 Å². The van der Waals surface area contributed by atoms with Gasteiger partial charge in [0, 0.05) is 19.7 Å². The molecule has 0 saturated carbocycles. The Morgan fingerprint density at radius 3 is 2.38 bits per heavy atom. The van der Waals surface area contributed by atoms with Gasteiger partial charge in [-0.05, 0) is 36.6 Å². The van der Waals surface area contributed by atoms with Crippen molar-refractivity contribution in [2.45, 2.75) is 32.4 Å². The average molecular weight is 389 g/mol. The summed E-state index contributed by atoms with van der Waals surface area (Å²) in [5, 5.41) is 0. The number of aryl methyl sites for hydroxylation is 2. The molecule has 29 heavy (non-hydrogen) atoms. The third kappa shape index (κ3) is 6.00. The minimum Gasteiger partial charge on any atom is -0.382 e. The zero-order chi connectivity index (χ0) is 20.5. The molecule has 0 fully saturated rings. The number of hydrogen-bond donors (Lipinski definition) is 0. The summed E-state index contributed by atoms with van der Waals surface area (Å²) in [6, 6.07) is 24.0. The van der Waals surface area contributed by atoms with Crippen LogP contribution in [0.3, 0.4) is 0 Å². The van der Waals surface area contributed by atoms with Gasteiger partial charge in [0.25, 0.3) is 0 Å². The summed E-state index contributed by atoms with van der Waals surface area (Å²) >= 11 is 0. The highest BCUT2D eigenvalue weighted by molar-refractivity contribution is 5.77. The summed E-state index contributed by atoms with van der Waals surface area (Å²) in [7, 11) is 1.67. The summed E-state index contributed by atoms with van der Waals surface area (Å²) in [6.07, 6.45) is 2.92. The third-order valence-corrected chi connectivity index (χ3v) is 5.01. The molecular formula is C25H28N2O2. The highest BCUT2D eigenvalue weighted by Crippen LogP contribution is 2.24. The van der Waals surface area contributed by atoms with Gasteiger partial charge in [0.2, 0.25) is 5.91 Å². The first-order chi connectivity index (χ1) is 14.2. The topological polar surface area (TPSA) is 42.4 Å². The molecule has 0 aliphatic rings. The van der Waals surface area contributed by atoms with E-state index in [1.807, 2.05) is 53.4 Å². The Morgan fingerprint density at radius 2 is 1.72 bits per heavy atom. The lowest BCUT2D eigenvalue weighted by atomic mass is 10.0. The van der Waals surface area contributed by atoms with Gasteiger partial charge in [0.15, 0.2) is 0 Å². The molecule has 1 heterocycles. The molecule has 4 nitrogen and oxygen atoms in total. The van der Waals surface area contributed by atoms with E-state index in [9.17, 15) is 4.79 Å². The van der Waals surface area contributed by atoms with Crippen LogP contribution in [-0.4, -0.2) is 29.5 Å². The van der Waals surface area contributed by atoms with Crippen LogP contribution in [0.25, 0.3) is 0 Å². The van der Waals surface area contributed by atoms with Gasteiger partial charge < -0.3 is 9.64 Å². The smallest absolute Gasteiger partial charge is 0.223 e. The normalized spacial score (nSPS) is 11.8. The van der Waals surface area contributed by atoms with E-state index in [0.29, 0.717) is 26.0 Å². The molecule has 0 aliphatic heterocycles. The number of carbonyl (C=O) groups excluding carboxylic acids is 1. The standard InChI is InChI=1S/C25H28N2O2/c1-20-11-13-21(14-12-20)15-16-25(28)27(18-23-10-6-7-17-26-23)24(19-29-2)22-8-4-3-5-9-22/h3-14,17,24H,15-16,18-19H2,1-2H3. The van der Waals surface area contributed by atoms with Crippen molar-refractivity contribution in [3.8, 4) is 0 Å². The second-order valence-corrected chi connectivity index (χ2v) is 7.21. The lowest BCUT2D eigenvalue weighted by Gasteiger charge is -2.32. The summed E-state index contributed by atoms with van der Waals surface area (Å²) in [5.74, 6) is 0.0992. The number of hydrogen-bond acceptors (Lipinski definition) is 3. The molecule has 1 amide bonds. The number of aromatic nitrogens is 1. The number of amides is 1. The van der Waals surface area contributed by atoms with Crippen LogP contribution in [0, 0.1) is 6.92 Å². The molecule has 1 aromatic heterocycles. The molecule has 0 N–H and O–H groups in total. The van der Waals surface area contributed by atoms with E-state index < -0.39 is 0 Å². The van der Waals surface area contributed by atoms with Crippen molar-refractivity contribution in [3.05, 3.63) is 101 Å². The van der Waals surface area contributed by atoms with Gasteiger partial charge >= 0.3 is 0 Å². The molecule has 4 heteroatoms. The van der Waals surface area contributed by atoms with Crippen LogP contribution >= 0.6 is 0 Å². The van der Waals surface area contributed by atoms with Gasteiger partial charge in [0.05, 0.1) is 24.9 Å². The SMILES string of the molecule is COCC(c1ccccc1)N(Cc1ccccn1)C(=O)CCc1ccc(C)cc1. The molecule has 2 aromatic carbocycles. The highest BCUT2D eigenvalue weighted by atomic mass is 16.5. The van der Waals surface area contributed by atoms with E-state index in [-0.39, 0.29) is 11.9 Å². The minimum atomic E-state index is -0.159. The molecule has 0 spiro atoms. The quantitative estimate of drug-likeness (QED) is 0.532. The fourth-order valence-corrected chi connectivity index (χ4v) is 3.39. The van der Waals surface area contributed by atoms with Crippen molar-refractivity contribution in [2.24, 2.45) is 0 Å². The molecule has 0 radical (unpaired) electrons. The summed E-state index contributed by atoms with van der Waals surface area (Å²) in [4.78, 5) is 19.6. The van der Waals surface area contributed by atoms with Crippen molar-refractivity contribution in [2.75, 3.05) is 13.7 Å². The van der Waals surface area contributed by atoms with Crippen LogP contribution in [0.15, 0.2) is 79.0 Å². The second-order valence-electron chi connectivity index (χ2n) is 7.21. The molecule has 1 atom stereocenters. The lowest BCUT2D eigenvalue weighted by Crippen LogP contribution is -2.37. The van der Waals surface area contributed by atoms with E-state index in [1.54, 1.807) is 13.3 Å². The first kappa shape index (κ1) is 20.7. The molecule has 150 valence electrons. The average Bonchev–Trinajstić information content (AvgIpc) is 2.77. The Kier molecular flexibility index (Phi) is 7.54. The number of nitrogens with zero attached hydrogens (tertiary/aromatic N) is 2. The van der Waals surface area contributed by atoms with Crippen LogP contribution < -0.4 is 0 Å². The summed E-state index contributed by atoms with van der Waals surface area (Å²) in [6.45, 7) is 2.96. The van der Waals surface area contributed by atoms with Gasteiger partial charge in [0.1, 0.15) is 0 Å². The highest BCUT2D eigenvalue weighted by Gasteiger charge is 2.25. The van der Waals surface area contributed by atoms with E-state index in [4.69, 9.17) is 4.74 Å². The zero-order valence-corrected chi connectivity index (χ0v) is 17.1. The van der Waals surface area contributed by atoms with Crippen LogP contribution in [0.5, 0.6) is 0 Å². The maximum absolute atomic E-state index is 13.3. The van der Waals surface area contributed by atoms with Gasteiger partial charge in [-0.1, -0.05) is 66.2 Å². The van der Waals surface area contributed by atoms with Gasteiger partial charge in [-0.2, -0.15) is 0 Å². The first-order valence-corrected chi connectivity index (χ1v) is 9.96. The molecular weight excluding hydrogens is 360 g/mol. The number of rotatable bonds is 9. The molecule has 3 rings (SSSR count). The predicted octanol–water partition coefficient (Wildman–Crippen LogP) is 4.74. The molecule has 1 unspecified atom stereocenters. The second kappa shape index (κ2) is 10.5. The van der Waals surface area contributed by atoms with Crippen molar-refractivity contribution < 1.29 is 9.53 Å². The fourth-order valence-electron chi connectivity index (χ4n) is 3.39. The van der Waals surface area contributed by atoms with Crippen LogP contribution in [-0.2, 0) is 22.5 Å². The minimum absolute atomic E-state index is 0.0992. The Balaban J connectivity index is 1.82.